The first-order valence-electron chi connectivity index (χ1n) is 12.1. The Hall–Kier alpha value is -2.24. The quantitative estimate of drug-likeness (QED) is 0.257. The van der Waals surface area contributed by atoms with Gasteiger partial charge in [0.2, 0.25) is 0 Å². The number of carboxylic acids is 1. The SMILES string of the molecule is C=Cc1c(CC(OC(C)C)C(=O)O)cc(C)c(P)c1CNC(C)/C(SC)=C(\C)N=Cc1ccccc1. The van der Waals surface area contributed by atoms with Gasteiger partial charge >= 0.3 is 5.97 Å². The summed E-state index contributed by atoms with van der Waals surface area (Å²) in [5, 5.41) is 14.4. The van der Waals surface area contributed by atoms with Crippen molar-refractivity contribution < 1.29 is 14.6 Å². The highest BCUT2D eigenvalue weighted by molar-refractivity contribution is 8.02. The highest BCUT2D eigenvalue weighted by atomic mass is 32.2. The monoisotopic (exact) mass is 526 g/mol. The van der Waals surface area contributed by atoms with Crippen LogP contribution in [0.5, 0.6) is 0 Å². The average molecular weight is 527 g/mol. The molecule has 0 aliphatic rings. The van der Waals surface area contributed by atoms with E-state index in [9.17, 15) is 9.90 Å². The van der Waals surface area contributed by atoms with E-state index in [1.54, 1.807) is 11.8 Å². The molecule has 0 heterocycles. The molecule has 2 aromatic rings. The number of aliphatic imine (C=N–C) groups is 1. The van der Waals surface area contributed by atoms with Crippen molar-refractivity contribution in [2.75, 3.05) is 6.26 Å². The van der Waals surface area contributed by atoms with Crippen molar-refractivity contribution in [3.05, 3.63) is 81.4 Å². The molecule has 2 rings (SSSR count). The number of aryl methyl sites for hydroxylation is 1. The highest BCUT2D eigenvalue weighted by Gasteiger charge is 2.23. The molecule has 7 heteroatoms. The van der Waals surface area contributed by atoms with Gasteiger partial charge in [0.25, 0.3) is 0 Å². The smallest absolute Gasteiger partial charge is 0.333 e. The summed E-state index contributed by atoms with van der Waals surface area (Å²) in [5.41, 5.74) is 6.10. The Balaban J connectivity index is 2.30. The first-order valence-corrected chi connectivity index (χ1v) is 13.9. The fourth-order valence-corrected chi connectivity index (χ4v) is 5.21. The van der Waals surface area contributed by atoms with Gasteiger partial charge in [-0.25, -0.2) is 4.79 Å². The zero-order chi connectivity index (χ0) is 26.8. The van der Waals surface area contributed by atoms with Crippen molar-refractivity contribution in [2.45, 2.75) is 65.8 Å². The largest absolute Gasteiger partial charge is 0.479 e. The number of carboxylic acid groups (broad SMARTS) is 1. The lowest BCUT2D eigenvalue weighted by molar-refractivity contribution is -0.153. The van der Waals surface area contributed by atoms with E-state index in [4.69, 9.17) is 9.73 Å². The van der Waals surface area contributed by atoms with Crippen LogP contribution in [-0.4, -0.2) is 41.8 Å². The fourth-order valence-electron chi connectivity index (χ4n) is 4.09. The van der Waals surface area contributed by atoms with Gasteiger partial charge in [0.1, 0.15) is 0 Å². The van der Waals surface area contributed by atoms with Crippen LogP contribution in [-0.2, 0) is 22.5 Å². The topological polar surface area (TPSA) is 70.9 Å². The summed E-state index contributed by atoms with van der Waals surface area (Å²) in [5.74, 6) is -0.958. The van der Waals surface area contributed by atoms with Gasteiger partial charge in [-0.2, -0.15) is 0 Å². The number of aliphatic carboxylic acids is 1. The van der Waals surface area contributed by atoms with E-state index in [-0.39, 0.29) is 18.6 Å². The Morgan fingerprint density at radius 2 is 1.94 bits per heavy atom. The second kappa shape index (κ2) is 14.5. The van der Waals surface area contributed by atoms with Crippen LogP contribution in [0, 0.1) is 6.92 Å². The summed E-state index contributed by atoms with van der Waals surface area (Å²) >= 11 is 1.69. The van der Waals surface area contributed by atoms with Gasteiger partial charge in [0, 0.05) is 35.8 Å². The zero-order valence-corrected chi connectivity index (χ0v) is 24.1. The highest BCUT2D eigenvalue weighted by Crippen LogP contribution is 2.25. The number of ether oxygens (including phenoxy) is 1. The minimum Gasteiger partial charge on any atom is -0.479 e. The van der Waals surface area contributed by atoms with E-state index in [1.807, 2.05) is 76.4 Å². The number of hydrogen-bond donors (Lipinski definition) is 2. The van der Waals surface area contributed by atoms with Crippen LogP contribution in [0.3, 0.4) is 0 Å². The minimum absolute atomic E-state index is 0.0787. The molecule has 2 N–H and O–H groups in total. The number of allylic oxidation sites excluding steroid dienone is 1. The van der Waals surface area contributed by atoms with Gasteiger partial charge in [-0.1, -0.05) is 49.1 Å². The number of nitrogens with zero attached hydrogens (tertiary/aromatic N) is 1. The van der Waals surface area contributed by atoms with Gasteiger partial charge in [-0.15, -0.1) is 21.0 Å². The average Bonchev–Trinajstić information content (AvgIpc) is 2.84. The summed E-state index contributed by atoms with van der Waals surface area (Å²) in [4.78, 5) is 17.7. The molecular weight excluding hydrogens is 487 g/mol. The van der Waals surface area contributed by atoms with E-state index in [0.717, 1.165) is 43.7 Å². The molecule has 0 aromatic heterocycles. The van der Waals surface area contributed by atoms with Crippen LogP contribution >= 0.6 is 21.0 Å². The molecule has 0 aliphatic heterocycles. The van der Waals surface area contributed by atoms with E-state index in [1.165, 1.54) is 0 Å². The lowest BCUT2D eigenvalue weighted by atomic mass is 9.93. The van der Waals surface area contributed by atoms with Crippen molar-refractivity contribution in [3.63, 3.8) is 0 Å². The number of thioether (sulfide) groups is 1. The number of rotatable bonds is 13. The van der Waals surface area contributed by atoms with E-state index < -0.39 is 12.1 Å². The molecule has 0 radical (unpaired) electrons. The normalized spacial score (nSPS) is 14.1. The minimum atomic E-state index is -0.958. The van der Waals surface area contributed by atoms with E-state index in [0.29, 0.717) is 6.54 Å². The Kier molecular flexibility index (Phi) is 12.1. The van der Waals surface area contributed by atoms with Crippen LogP contribution in [0.25, 0.3) is 6.08 Å². The molecule has 0 fully saturated rings. The molecular formula is C29H39N2O3PS. The molecule has 5 nitrogen and oxygen atoms in total. The summed E-state index contributed by atoms with van der Waals surface area (Å²) < 4.78 is 5.67. The van der Waals surface area contributed by atoms with Crippen LogP contribution < -0.4 is 10.6 Å². The van der Waals surface area contributed by atoms with Crippen LogP contribution in [0.4, 0.5) is 0 Å². The molecule has 0 saturated carbocycles. The van der Waals surface area contributed by atoms with Crippen molar-refractivity contribution in [3.8, 4) is 0 Å². The summed E-state index contributed by atoms with van der Waals surface area (Å²) in [6.07, 6.45) is 4.98. The van der Waals surface area contributed by atoms with Crippen molar-refractivity contribution in [1.82, 2.24) is 5.32 Å². The van der Waals surface area contributed by atoms with Crippen molar-refractivity contribution >= 4 is 44.6 Å². The van der Waals surface area contributed by atoms with Gasteiger partial charge in [-0.05, 0) is 74.0 Å². The molecule has 0 saturated heterocycles. The van der Waals surface area contributed by atoms with Gasteiger partial charge in [0.05, 0.1) is 6.10 Å². The summed E-state index contributed by atoms with van der Waals surface area (Å²) in [6.45, 7) is 14.6. The molecule has 0 bridgehead atoms. The lowest BCUT2D eigenvalue weighted by Crippen LogP contribution is -2.31. The number of hydrogen-bond acceptors (Lipinski definition) is 5. The van der Waals surface area contributed by atoms with E-state index >= 15 is 0 Å². The standard InChI is InChI=1S/C29H39N2O3PS/c1-8-24-23(15-26(29(32)33)34-18(2)3)14-19(4)27(35)25(24)17-31-21(6)28(36-7)20(5)30-16-22-12-10-9-11-13-22/h8-14,16,18,21,26,31H,1,15,17,35H2,2-7H3,(H,32,33)/b28-20-,30-16?. The molecule has 2 aromatic carbocycles. The van der Waals surface area contributed by atoms with Crippen LogP contribution in [0.1, 0.15) is 55.5 Å². The molecule has 0 aliphatic carbocycles. The Morgan fingerprint density at radius 1 is 1.28 bits per heavy atom. The third-order valence-electron chi connectivity index (χ3n) is 5.89. The van der Waals surface area contributed by atoms with Gasteiger partial charge in [0.15, 0.2) is 6.10 Å². The first kappa shape index (κ1) is 30.0. The van der Waals surface area contributed by atoms with Crippen LogP contribution in [0.15, 0.2) is 58.6 Å². The lowest BCUT2D eigenvalue weighted by Gasteiger charge is -2.23. The van der Waals surface area contributed by atoms with Crippen LogP contribution in [0.2, 0.25) is 0 Å². The molecule has 3 atom stereocenters. The summed E-state index contributed by atoms with van der Waals surface area (Å²) in [7, 11) is 2.84. The second-order valence-electron chi connectivity index (χ2n) is 9.00. The first-order chi connectivity index (χ1) is 17.1. The third kappa shape index (κ3) is 8.41. The predicted octanol–water partition coefficient (Wildman–Crippen LogP) is 5.75. The molecule has 36 heavy (non-hydrogen) atoms. The molecule has 3 unspecified atom stereocenters. The van der Waals surface area contributed by atoms with Crippen molar-refractivity contribution in [2.24, 2.45) is 4.99 Å². The van der Waals surface area contributed by atoms with Gasteiger partial charge in [-0.3, -0.25) is 4.99 Å². The maximum Gasteiger partial charge on any atom is 0.333 e. The zero-order valence-electron chi connectivity index (χ0n) is 22.2. The van der Waals surface area contributed by atoms with Crippen molar-refractivity contribution in [1.29, 1.82) is 0 Å². The second-order valence-corrected chi connectivity index (χ2v) is 10.4. The molecule has 0 spiro atoms. The van der Waals surface area contributed by atoms with E-state index in [2.05, 4.69) is 34.3 Å². The number of nitrogens with one attached hydrogen (secondary N) is 1. The number of carbonyl (C=O) groups is 1. The summed E-state index contributed by atoms with van der Waals surface area (Å²) in [6, 6.07) is 12.2. The maximum atomic E-state index is 11.8. The van der Waals surface area contributed by atoms with Gasteiger partial charge < -0.3 is 15.2 Å². The fraction of sp³-hybridized carbons (Fsp3) is 0.379. The molecule has 194 valence electrons. The Labute approximate surface area is 222 Å². The predicted molar refractivity (Wildman–Crippen MR) is 159 cm³/mol. The third-order valence-corrected chi connectivity index (χ3v) is 7.79. The Bertz CT molecular complexity index is 1110. The number of benzene rings is 2. The molecule has 0 amide bonds. The Morgan fingerprint density at radius 3 is 2.50 bits per heavy atom. The maximum absolute atomic E-state index is 11.8.